The number of hydrogen-bond donors (Lipinski definition) is 1. The van der Waals surface area contributed by atoms with Crippen LogP contribution in [0.25, 0.3) is 0 Å². The van der Waals surface area contributed by atoms with Crippen LogP contribution in [0.4, 0.5) is 10.1 Å². The molecule has 7 heteroatoms. The normalized spacial score (nSPS) is 12.7. The number of anilines is 1. The molecule has 0 radical (unpaired) electrons. The van der Waals surface area contributed by atoms with Crippen molar-refractivity contribution in [1.29, 1.82) is 0 Å². The molecule has 0 heterocycles. The predicted molar refractivity (Wildman–Crippen MR) is 84.3 cm³/mol. The monoisotopic (exact) mass is 337 g/mol. The summed E-state index contributed by atoms with van der Waals surface area (Å²) in [5.74, 6) is -1.84. The highest BCUT2D eigenvalue weighted by molar-refractivity contribution is 7.92. The lowest BCUT2D eigenvalue weighted by atomic mass is 10.2. The molecule has 0 aliphatic rings. The topological polar surface area (TPSA) is 74.7 Å². The minimum absolute atomic E-state index is 0.0273. The summed E-state index contributed by atoms with van der Waals surface area (Å²) in [6.45, 7) is 3.07. The van der Waals surface area contributed by atoms with E-state index < -0.39 is 27.9 Å². The van der Waals surface area contributed by atoms with Gasteiger partial charge >= 0.3 is 5.97 Å². The predicted octanol–water partition coefficient (Wildman–Crippen LogP) is 2.80. The fourth-order valence-corrected chi connectivity index (χ4v) is 3.70. The van der Waals surface area contributed by atoms with E-state index in [1.807, 2.05) is 6.92 Å². The van der Waals surface area contributed by atoms with E-state index in [-0.39, 0.29) is 10.6 Å². The van der Waals surface area contributed by atoms with Crippen molar-refractivity contribution >= 4 is 21.7 Å². The average molecular weight is 337 g/mol. The summed E-state index contributed by atoms with van der Waals surface area (Å²) in [4.78, 5) is 11.3. The maximum absolute atomic E-state index is 13.1. The van der Waals surface area contributed by atoms with E-state index in [9.17, 15) is 22.7 Å². The molecule has 1 atom stereocenters. The fraction of sp³-hybridized carbons (Fsp3) is 0.188. The van der Waals surface area contributed by atoms with Gasteiger partial charge < -0.3 is 5.11 Å². The van der Waals surface area contributed by atoms with E-state index in [0.717, 1.165) is 22.0 Å². The van der Waals surface area contributed by atoms with Crippen LogP contribution >= 0.6 is 0 Å². The molecule has 0 aromatic heterocycles. The highest BCUT2D eigenvalue weighted by atomic mass is 32.2. The molecule has 1 N–H and O–H groups in total. The van der Waals surface area contributed by atoms with Crippen molar-refractivity contribution in [3.05, 3.63) is 59.9 Å². The third-order valence-electron chi connectivity index (χ3n) is 3.37. The molecule has 0 saturated carbocycles. The third kappa shape index (κ3) is 3.50. The fourth-order valence-electron chi connectivity index (χ4n) is 2.08. The molecule has 122 valence electrons. The van der Waals surface area contributed by atoms with Gasteiger partial charge in [0.25, 0.3) is 10.0 Å². The van der Waals surface area contributed by atoms with Crippen LogP contribution in [0.2, 0.25) is 0 Å². The zero-order valence-electron chi connectivity index (χ0n) is 12.6. The van der Waals surface area contributed by atoms with Gasteiger partial charge in [-0.15, -0.1) is 0 Å². The number of aryl methyl sites for hydroxylation is 1. The van der Waals surface area contributed by atoms with Crippen molar-refractivity contribution in [2.45, 2.75) is 24.8 Å². The summed E-state index contributed by atoms with van der Waals surface area (Å²) in [6.07, 6.45) is 0. The first-order valence-electron chi connectivity index (χ1n) is 6.83. The number of carboxylic acid groups (broad SMARTS) is 1. The molecule has 2 aromatic rings. The highest BCUT2D eigenvalue weighted by Gasteiger charge is 2.33. The Morgan fingerprint density at radius 1 is 1.09 bits per heavy atom. The number of aliphatic carboxylic acids is 1. The Labute approximate surface area is 134 Å². The van der Waals surface area contributed by atoms with Gasteiger partial charge in [-0.3, -0.25) is 4.31 Å². The molecule has 1 unspecified atom stereocenters. The summed E-state index contributed by atoms with van der Waals surface area (Å²) in [6, 6.07) is 9.38. The lowest BCUT2D eigenvalue weighted by Crippen LogP contribution is -2.43. The van der Waals surface area contributed by atoms with E-state index >= 15 is 0 Å². The van der Waals surface area contributed by atoms with Gasteiger partial charge in [-0.2, -0.15) is 0 Å². The van der Waals surface area contributed by atoms with E-state index in [1.165, 1.54) is 31.2 Å². The number of rotatable bonds is 5. The lowest BCUT2D eigenvalue weighted by molar-refractivity contribution is -0.137. The summed E-state index contributed by atoms with van der Waals surface area (Å²) in [7, 11) is -4.10. The van der Waals surface area contributed by atoms with E-state index in [4.69, 9.17) is 0 Å². The average Bonchev–Trinajstić information content (AvgIpc) is 2.49. The molecular formula is C16H16FNO4S. The number of nitrogens with zero attached hydrogens (tertiary/aromatic N) is 1. The molecule has 0 amide bonds. The molecule has 0 aliphatic heterocycles. The van der Waals surface area contributed by atoms with Crippen molar-refractivity contribution in [3.8, 4) is 0 Å². The molecule has 2 aromatic carbocycles. The van der Waals surface area contributed by atoms with Crippen molar-refractivity contribution in [3.63, 3.8) is 0 Å². The van der Waals surface area contributed by atoms with Gasteiger partial charge in [0.1, 0.15) is 11.9 Å². The van der Waals surface area contributed by atoms with Crippen LogP contribution in [0.15, 0.2) is 53.4 Å². The van der Waals surface area contributed by atoms with Crippen LogP contribution in [0.5, 0.6) is 0 Å². The van der Waals surface area contributed by atoms with Crippen LogP contribution < -0.4 is 4.31 Å². The Morgan fingerprint density at radius 2 is 1.61 bits per heavy atom. The second-order valence-corrected chi connectivity index (χ2v) is 6.92. The molecular weight excluding hydrogens is 321 g/mol. The van der Waals surface area contributed by atoms with E-state index in [2.05, 4.69) is 0 Å². The molecule has 0 aliphatic carbocycles. The molecule has 5 nitrogen and oxygen atoms in total. The first-order valence-corrected chi connectivity index (χ1v) is 8.27. The Morgan fingerprint density at radius 3 is 2.09 bits per heavy atom. The molecule has 2 rings (SSSR count). The number of halogens is 1. The number of benzene rings is 2. The number of carboxylic acids is 1. The number of sulfonamides is 1. The lowest BCUT2D eigenvalue weighted by Gasteiger charge is -2.28. The van der Waals surface area contributed by atoms with E-state index in [0.29, 0.717) is 0 Å². The molecule has 0 saturated heterocycles. The van der Waals surface area contributed by atoms with Crippen molar-refractivity contribution in [1.82, 2.24) is 0 Å². The van der Waals surface area contributed by atoms with Crippen LogP contribution in [-0.4, -0.2) is 25.5 Å². The van der Waals surface area contributed by atoms with Gasteiger partial charge in [-0.25, -0.2) is 17.6 Å². The number of carbonyl (C=O) groups is 1. The van der Waals surface area contributed by atoms with Crippen molar-refractivity contribution < 1.29 is 22.7 Å². The minimum Gasteiger partial charge on any atom is -0.480 e. The standard InChI is InChI=1S/C16H16FNO4S/c1-11-3-9-15(10-4-11)23(21,22)18(12(2)16(19)20)14-7-5-13(17)6-8-14/h3-10,12H,1-2H3,(H,19,20). The van der Waals surface area contributed by atoms with Crippen LogP contribution in [0.1, 0.15) is 12.5 Å². The minimum atomic E-state index is -4.10. The maximum atomic E-state index is 13.1. The van der Waals surface area contributed by atoms with Crippen molar-refractivity contribution in [2.75, 3.05) is 4.31 Å². The summed E-state index contributed by atoms with van der Waals surface area (Å²) in [5, 5.41) is 9.24. The van der Waals surface area contributed by atoms with Gasteiger partial charge in [-0.1, -0.05) is 17.7 Å². The number of hydrogen-bond acceptors (Lipinski definition) is 3. The van der Waals surface area contributed by atoms with Crippen molar-refractivity contribution in [2.24, 2.45) is 0 Å². The van der Waals surface area contributed by atoms with Gasteiger partial charge in [0.2, 0.25) is 0 Å². The smallest absolute Gasteiger partial charge is 0.327 e. The molecule has 23 heavy (non-hydrogen) atoms. The highest BCUT2D eigenvalue weighted by Crippen LogP contribution is 2.26. The van der Waals surface area contributed by atoms with Gasteiger partial charge in [0.05, 0.1) is 10.6 Å². The van der Waals surface area contributed by atoms with Crippen LogP contribution in [-0.2, 0) is 14.8 Å². The molecule has 0 fully saturated rings. The van der Waals surface area contributed by atoms with Gasteiger partial charge in [0, 0.05) is 0 Å². The zero-order chi connectivity index (χ0) is 17.2. The van der Waals surface area contributed by atoms with E-state index in [1.54, 1.807) is 12.1 Å². The summed E-state index contributed by atoms with van der Waals surface area (Å²) >= 11 is 0. The Balaban J connectivity index is 2.58. The van der Waals surface area contributed by atoms with Crippen LogP contribution in [0.3, 0.4) is 0 Å². The zero-order valence-corrected chi connectivity index (χ0v) is 13.4. The Hall–Kier alpha value is -2.41. The SMILES string of the molecule is Cc1ccc(S(=O)(=O)N(c2ccc(F)cc2)C(C)C(=O)O)cc1. The molecule has 0 bridgehead atoms. The Kier molecular flexibility index (Phi) is 4.70. The van der Waals surface area contributed by atoms with Crippen LogP contribution in [0, 0.1) is 12.7 Å². The summed E-state index contributed by atoms with van der Waals surface area (Å²) < 4.78 is 39.6. The second kappa shape index (κ2) is 6.37. The van der Waals surface area contributed by atoms with Gasteiger partial charge in [0.15, 0.2) is 0 Å². The summed E-state index contributed by atoms with van der Waals surface area (Å²) in [5.41, 5.74) is 0.963. The maximum Gasteiger partial charge on any atom is 0.327 e. The molecule has 0 spiro atoms. The Bertz CT molecular complexity index is 801. The van der Waals surface area contributed by atoms with Gasteiger partial charge in [-0.05, 0) is 50.2 Å². The largest absolute Gasteiger partial charge is 0.480 e. The second-order valence-electron chi connectivity index (χ2n) is 5.10. The third-order valence-corrected chi connectivity index (χ3v) is 5.28. The first kappa shape index (κ1) is 17.0. The quantitative estimate of drug-likeness (QED) is 0.910. The first-order chi connectivity index (χ1) is 10.7.